The minimum Gasteiger partial charge on any atom is -0.481 e. The average Bonchev–Trinajstić information content (AvgIpc) is 2.74. The minimum atomic E-state index is -3.79. The van der Waals surface area contributed by atoms with Gasteiger partial charge in [-0.05, 0) is 71.4 Å². The fourth-order valence-corrected chi connectivity index (χ4v) is 5.73. The third-order valence-electron chi connectivity index (χ3n) is 5.66. The maximum absolute atomic E-state index is 13.1. The molecule has 0 aliphatic carbocycles. The highest BCUT2D eigenvalue weighted by Crippen LogP contribution is 2.51. The van der Waals surface area contributed by atoms with Gasteiger partial charge in [-0.2, -0.15) is 0 Å². The summed E-state index contributed by atoms with van der Waals surface area (Å²) in [6, 6.07) is 9.70. The number of benzene rings is 2. The highest BCUT2D eigenvalue weighted by Gasteiger charge is 2.58. The molecule has 0 spiro atoms. The van der Waals surface area contributed by atoms with Crippen LogP contribution < -0.4 is 4.74 Å². The topological polar surface area (TPSA) is 89.9 Å². The maximum atomic E-state index is 13.1. The molecule has 31 heavy (non-hydrogen) atoms. The zero-order chi connectivity index (χ0) is 23.4. The van der Waals surface area contributed by atoms with Gasteiger partial charge in [0, 0.05) is 16.1 Å². The van der Waals surface area contributed by atoms with Crippen LogP contribution in [0.4, 0.5) is 0 Å². The van der Waals surface area contributed by atoms with E-state index >= 15 is 0 Å². The number of hydrogen-bond acceptors (Lipinski definition) is 6. The van der Waals surface area contributed by atoms with E-state index in [0.29, 0.717) is 27.5 Å². The fourth-order valence-electron chi connectivity index (χ4n) is 3.54. The Labute approximate surface area is 188 Å². The molecule has 1 aliphatic heterocycles. The summed E-state index contributed by atoms with van der Waals surface area (Å²) in [6.07, 6.45) is 0. The summed E-state index contributed by atoms with van der Waals surface area (Å²) < 4.78 is 35.8. The zero-order valence-electron chi connectivity index (χ0n) is 18.4. The molecule has 0 saturated heterocycles. The summed E-state index contributed by atoms with van der Waals surface area (Å²) in [5, 5.41) is 11.4. The second-order valence-corrected chi connectivity index (χ2v) is 12.2. The second kappa shape index (κ2) is 7.50. The Morgan fingerprint density at radius 3 is 2.35 bits per heavy atom. The molecule has 1 atom stereocenters. The summed E-state index contributed by atoms with van der Waals surface area (Å²) in [4.78, 5) is 12.1. The quantitative estimate of drug-likeness (QED) is 0.667. The van der Waals surface area contributed by atoms with Gasteiger partial charge in [0.1, 0.15) is 21.7 Å². The lowest BCUT2D eigenvalue weighted by Gasteiger charge is -2.31. The standard InChI is InChI=1S/C23H27ClO6S/c1-21(2,3)30-20(25)13-29-18-10-8-15(24)12-16(18)14-7-9-17-19(11-14)31(27,28)22(4,5)23(17,6)26/h7-12,26H,13H2,1-6H3. The molecular weight excluding hydrogens is 440 g/mol. The van der Waals surface area contributed by atoms with Crippen molar-refractivity contribution in [1.29, 1.82) is 0 Å². The van der Waals surface area contributed by atoms with Crippen molar-refractivity contribution in [3.8, 4) is 16.9 Å². The molecule has 0 aromatic heterocycles. The van der Waals surface area contributed by atoms with Crippen LogP contribution in [0.15, 0.2) is 41.3 Å². The first kappa shape index (κ1) is 23.6. The summed E-state index contributed by atoms with van der Waals surface area (Å²) in [6.45, 7) is 9.51. The molecule has 1 unspecified atom stereocenters. The maximum Gasteiger partial charge on any atom is 0.344 e. The van der Waals surface area contributed by atoms with Crippen LogP contribution in [0, 0.1) is 0 Å². The molecule has 1 heterocycles. The highest BCUT2D eigenvalue weighted by molar-refractivity contribution is 7.93. The number of aliphatic hydroxyl groups is 1. The molecule has 6 nitrogen and oxygen atoms in total. The first-order valence-electron chi connectivity index (χ1n) is 9.84. The predicted molar refractivity (Wildman–Crippen MR) is 119 cm³/mol. The van der Waals surface area contributed by atoms with Gasteiger partial charge >= 0.3 is 5.97 Å². The number of ether oxygens (including phenoxy) is 2. The molecule has 8 heteroatoms. The van der Waals surface area contributed by atoms with Crippen LogP contribution in [0.2, 0.25) is 5.02 Å². The number of sulfone groups is 1. The van der Waals surface area contributed by atoms with Crippen molar-refractivity contribution in [2.75, 3.05) is 6.61 Å². The predicted octanol–water partition coefficient (Wildman–Crippen LogP) is 4.50. The van der Waals surface area contributed by atoms with Crippen LogP contribution in [0.1, 0.15) is 47.1 Å². The third-order valence-corrected chi connectivity index (χ3v) is 8.55. The van der Waals surface area contributed by atoms with Gasteiger partial charge in [0.25, 0.3) is 0 Å². The average molecular weight is 467 g/mol. The van der Waals surface area contributed by atoms with Gasteiger partial charge in [-0.15, -0.1) is 0 Å². The Morgan fingerprint density at radius 2 is 1.74 bits per heavy atom. The van der Waals surface area contributed by atoms with Crippen molar-refractivity contribution in [1.82, 2.24) is 0 Å². The van der Waals surface area contributed by atoms with Gasteiger partial charge in [0.2, 0.25) is 0 Å². The zero-order valence-corrected chi connectivity index (χ0v) is 20.0. The van der Waals surface area contributed by atoms with Crippen molar-refractivity contribution < 1.29 is 27.8 Å². The molecule has 168 valence electrons. The summed E-state index contributed by atoms with van der Waals surface area (Å²) >= 11 is 6.18. The molecule has 1 aliphatic rings. The first-order chi connectivity index (χ1) is 14.1. The molecule has 0 saturated carbocycles. The Morgan fingerprint density at radius 1 is 1.10 bits per heavy atom. The van der Waals surface area contributed by atoms with E-state index in [-0.39, 0.29) is 11.5 Å². The first-order valence-corrected chi connectivity index (χ1v) is 11.7. The number of carbonyl (C=O) groups is 1. The van der Waals surface area contributed by atoms with Gasteiger partial charge in [-0.25, -0.2) is 13.2 Å². The van der Waals surface area contributed by atoms with Crippen LogP contribution in [0.3, 0.4) is 0 Å². The third kappa shape index (κ3) is 4.06. The van der Waals surface area contributed by atoms with E-state index in [1.807, 2.05) is 0 Å². The van der Waals surface area contributed by atoms with Gasteiger partial charge in [0.15, 0.2) is 16.4 Å². The lowest BCUT2D eigenvalue weighted by molar-refractivity contribution is -0.157. The van der Waals surface area contributed by atoms with Gasteiger partial charge in [-0.1, -0.05) is 23.7 Å². The molecule has 1 N–H and O–H groups in total. The van der Waals surface area contributed by atoms with Crippen LogP contribution in [-0.4, -0.2) is 36.4 Å². The second-order valence-electron chi connectivity index (χ2n) is 9.31. The molecule has 0 amide bonds. The SMILES string of the molecule is CC(C)(C)OC(=O)COc1ccc(Cl)cc1-c1ccc2c(c1)S(=O)(=O)C(C)(C)C2(C)O. The largest absolute Gasteiger partial charge is 0.481 e. The van der Waals surface area contributed by atoms with Crippen LogP contribution in [0.5, 0.6) is 5.75 Å². The number of fused-ring (bicyclic) bond motifs is 1. The van der Waals surface area contributed by atoms with E-state index in [9.17, 15) is 18.3 Å². The van der Waals surface area contributed by atoms with Crippen molar-refractivity contribution in [2.45, 2.75) is 62.4 Å². The van der Waals surface area contributed by atoms with Crippen LogP contribution in [0.25, 0.3) is 11.1 Å². The van der Waals surface area contributed by atoms with Gasteiger partial charge < -0.3 is 14.6 Å². The number of carbonyl (C=O) groups excluding carboxylic acids is 1. The van der Waals surface area contributed by atoms with Crippen LogP contribution in [-0.2, 0) is 25.0 Å². The number of esters is 1. The van der Waals surface area contributed by atoms with E-state index in [4.69, 9.17) is 21.1 Å². The molecular formula is C23H27ClO6S. The number of halogens is 1. The van der Waals surface area contributed by atoms with Gasteiger partial charge in [0.05, 0.1) is 4.90 Å². The Hall–Kier alpha value is -2.09. The fraction of sp³-hybridized carbons (Fsp3) is 0.435. The summed E-state index contributed by atoms with van der Waals surface area (Å²) in [7, 11) is -3.79. The normalized spacial score (nSPS) is 21.4. The number of hydrogen-bond donors (Lipinski definition) is 1. The van der Waals surface area contributed by atoms with E-state index < -0.39 is 31.8 Å². The lowest BCUT2D eigenvalue weighted by atomic mass is 9.84. The Bertz CT molecular complexity index is 1140. The van der Waals surface area contributed by atoms with Crippen molar-refractivity contribution in [3.05, 3.63) is 47.0 Å². The monoisotopic (exact) mass is 466 g/mol. The van der Waals surface area contributed by atoms with Crippen molar-refractivity contribution >= 4 is 27.4 Å². The minimum absolute atomic E-state index is 0.0677. The Balaban J connectivity index is 2.02. The van der Waals surface area contributed by atoms with E-state index in [0.717, 1.165) is 0 Å². The molecule has 0 bridgehead atoms. The van der Waals surface area contributed by atoms with E-state index in [1.54, 1.807) is 51.1 Å². The molecule has 0 radical (unpaired) electrons. The molecule has 3 rings (SSSR count). The van der Waals surface area contributed by atoms with Crippen LogP contribution >= 0.6 is 11.6 Å². The van der Waals surface area contributed by atoms with Crippen molar-refractivity contribution in [3.63, 3.8) is 0 Å². The lowest BCUT2D eigenvalue weighted by Crippen LogP contribution is -2.44. The smallest absolute Gasteiger partial charge is 0.344 e. The van der Waals surface area contributed by atoms with Crippen molar-refractivity contribution in [2.24, 2.45) is 0 Å². The highest BCUT2D eigenvalue weighted by atomic mass is 35.5. The summed E-state index contributed by atoms with van der Waals surface area (Å²) in [5.74, 6) is -0.167. The van der Waals surface area contributed by atoms with E-state index in [2.05, 4.69) is 0 Å². The van der Waals surface area contributed by atoms with E-state index in [1.165, 1.54) is 26.8 Å². The molecule has 0 fully saturated rings. The molecule has 2 aromatic rings. The Kier molecular flexibility index (Phi) is 5.70. The molecule has 2 aromatic carbocycles. The number of rotatable bonds is 4. The van der Waals surface area contributed by atoms with Gasteiger partial charge in [-0.3, -0.25) is 0 Å². The summed E-state index contributed by atoms with van der Waals surface area (Å²) in [5.41, 5.74) is -0.763.